The van der Waals surface area contributed by atoms with E-state index in [0.717, 1.165) is 31.0 Å². The van der Waals surface area contributed by atoms with Gasteiger partial charge in [0.1, 0.15) is 11.4 Å². The van der Waals surface area contributed by atoms with Gasteiger partial charge in [0.05, 0.1) is 11.8 Å². The number of piperidine rings is 1. The highest BCUT2D eigenvalue weighted by Gasteiger charge is 2.57. The van der Waals surface area contributed by atoms with Crippen molar-refractivity contribution in [1.82, 2.24) is 9.88 Å². The van der Waals surface area contributed by atoms with Gasteiger partial charge in [-0.25, -0.2) is 4.98 Å². The van der Waals surface area contributed by atoms with Crippen molar-refractivity contribution in [3.05, 3.63) is 59.4 Å². The van der Waals surface area contributed by atoms with Crippen molar-refractivity contribution in [2.24, 2.45) is 5.92 Å². The second-order valence-corrected chi connectivity index (χ2v) is 7.87. The van der Waals surface area contributed by atoms with E-state index in [4.69, 9.17) is 4.74 Å². The molecular formula is C22H26N2O2. The molecule has 1 aromatic carbocycles. The van der Waals surface area contributed by atoms with Crippen LogP contribution in [0.15, 0.2) is 42.5 Å². The van der Waals surface area contributed by atoms with Gasteiger partial charge in [0.15, 0.2) is 0 Å². The van der Waals surface area contributed by atoms with Crippen LogP contribution in [0.2, 0.25) is 0 Å². The lowest BCUT2D eigenvalue weighted by Gasteiger charge is -2.32. The third-order valence-electron chi connectivity index (χ3n) is 5.76. The van der Waals surface area contributed by atoms with Crippen LogP contribution in [0.25, 0.3) is 0 Å². The van der Waals surface area contributed by atoms with Gasteiger partial charge in [0.25, 0.3) is 5.91 Å². The number of fused-ring (bicyclic) bond motifs is 1. The van der Waals surface area contributed by atoms with Gasteiger partial charge >= 0.3 is 0 Å². The van der Waals surface area contributed by atoms with Crippen LogP contribution in [0, 0.1) is 12.8 Å². The summed E-state index contributed by atoms with van der Waals surface area (Å²) in [6.45, 7) is 7.50. The number of nitrogens with zero attached hydrogens (tertiary/aromatic N) is 2. The molecule has 2 fully saturated rings. The smallest absolute Gasteiger partial charge is 0.272 e. The number of rotatable bonds is 4. The number of likely N-dealkylation sites (tertiary alicyclic amines) is 1. The summed E-state index contributed by atoms with van der Waals surface area (Å²) in [4.78, 5) is 19.4. The molecule has 1 aliphatic heterocycles. The SMILES string of the molecule is Cc1nc(C(=O)N2CCC3(c4ccccc4)CC3C2)ccc1OC(C)C. The van der Waals surface area contributed by atoms with E-state index in [0.29, 0.717) is 17.0 Å². The molecule has 0 spiro atoms. The summed E-state index contributed by atoms with van der Waals surface area (Å²) in [5.41, 5.74) is 3.02. The lowest BCUT2D eigenvalue weighted by atomic mass is 9.87. The molecule has 2 unspecified atom stereocenters. The van der Waals surface area contributed by atoms with Crippen LogP contribution in [-0.2, 0) is 5.41 Å². The molecule has 1 saturated heterocycles. The number of carbonyl (C=O) groups is 1. The van der Waals surface area contributed by atoms with Crippen LogP contribution in [0.5, 0.6) is 5.75 Å². The monoisotopic (exact) mass is 350 g/mol. The minimum atomic E-state index is 0.0396. The van der Waals surface area contributed by atoms with Crippen LogP contribution < -0.4 is 4.74 Å². The second-order valence-electron chi connectivity index (χ2n) is 7.87. The number of carbonyl (C=O) groups excluding carboxylic acids is 1. The molecule has 2 aliphatic rings. The van der Waals surface area contributed by atoms with Crippen molar-refractivity contribution in [1.29, 1.82) is 0 Å². The fraction of sp³-hybridized carbons (Fsp3) is 0.455. The van der Waals surface area contributed by atoms with Crippen molar-refractivity contribution in [3.63, 3.8) is 0 Å². The number of hydrogen-bond donors (Lipinski definition) is 0. The number of ether oxygens (including phenoxy) is 1. The van der Waals surface area contributed by atoms with E-state index in [1.165, 1.54) is 12.0 Å². The normalized spacial score (nSPS) is 24.3. The Labute approximate surface area is 155 Å². The Morgan fingerprint density at radius 1 is 1.23 bits per heavy atom. The predicted octanol–water partition coefficient (Wildman–Crippen LogP) is 3.98. The summed E-state index contributed by atoms with van der Waals surface area (Å²) in [6.07, 6.45) is 2.33. The first-order chi connectivity index (χ1) is 12.5. The van der Waals surface area contributed by atoms with Crippen LogP contribution in [-0.4, -0.2) is 35.0 Å². The molecule has 136 valence electrons. The van der Waals surface area contributed by atoms with Crippen LogP contribution >= 0.6 is 0 Å². The summed E-state index contributed by atoms with van der Waals surface area (Å²) in [5.74, 6) is 1.37. The van der Waals surface area contributed by atoms with E-state index in [2.05, 4.69) is 35.3 Å². The Bertz CT molecular complexity index is 818. The van der Waals surface area contributed by atoms with Gasteiger partial charge in [-0.3, -0.25) is 4.79 Å². The van der Waals surface area contributed by atoms with E-state index in [1.54, 1.807) is 6.07 Å². The van der Waals surface area contributed by atoms with E-state index in [-0.39, 0.29) is 12.0 Å². The first-order valence-electron chi connectivity index (χ1n) is 9.49. The van der Waals surface area contributed by atoms with Crippen molar-refractivity contribution in [3.8, 4) is 5.75 Å². The summed E-state index contributed by atoms with van der Waals surface area (Å²) in [5, 5.41) is 0. The fourth-order valence-corrected chi connectivity index (χ4v) is 4.28. The number of hydrogen-bond acceptors (Lipinski definition) is 3. The van der Waals surface area contributed by atoms with Gasteiger partial charge in [0.2, 0.25) is 0 Å². The zero-order chi connectivity index (χ0) is 18.3. The van der Waals surface area contributed by atoms with Crippen molar-refractivity contribution in [2.75, 3.05) is 13.1 Å². The second kappa shape index (κ2) is 6.42. The third-order valence-corrected chi connectivity index (χ3v) is 5.76. The molecule has 2 aromatic rings. The maximum absolute atomic E-state index is 12.9. The molecule has 4 heteroatoms. The summed E-state index contributed by atoms with van der Waals surface area (Å²) in [7, 11) is 0. The maximum atomic E-state index is 12.9. The first-order valence-corrected chi connectivity index (χ1v) is 9.49. The van der Waals surface area contributed by atoms with E-state index in [9.17, 15) is 4.79 Å². The molecule has 4 rings (SSSR count). The Kier molecular flexibility index (Phi) is 4.22. The Balaban J connectivity index is 1.45. The van der Waals surface area contributed by atoms with Crippen LogP contribution in [0.1, 0.15) is 48.4 Å². The molecule has 2 atom stereocenters. The summed E-state index contributed by atoms with van der Waals surface area (Å²) >= 11 is 0. The zero-order valence-electron chi connectivity index (χ0n) is 15.7. The van der Waals surface area contributed by atoms with Crippen molar-refractivity contribution in [2.45, 2.75) is 45.1 Å². The number of pyridine rings is 1. The number of aromatic nitrogens is 1. The molecule has 26 heavy (non-hydrogen) atoms. The highest BCUT2D eigenvalue weighted by molar-refractivity contribution is 5.92. The fourth-order valence-electron chi connectivity index (χ4n) is 4.28. The largest absolute Gasteiger partial charge is 0.489 e. The Morgan fingerprint density at radius 2 is 2.00 bits per heavy atom. The third kappa shape index (κ3) is 2.98. The van der Waals surface area contributed by atoms with E-state index < -0.39 is 0 Å². The van der Waals surface area contributed by atoms with Gasteiger partial charge in [-0.2, -0.15) is 0 Å². The van der Waals surface area contributed by atoms with Gasteiger partial charge in [0, 0.05) is 18.5 Å². The highest BCUT2D eigenvalue weighted by Crippen LogP contribution is 2.59. The molecule has 4 nitrogen and oxygen atoms in total. The van der Waals surface area contributed by atoms with Crippen molar-refractivity contribution < 1.29 is 9.53 Å². The molecule has 0 N–H and O–H groups in total. The van der Waals surface area contributed by atoms with Crippen molar-refractivity contribution >= 4 is 5.91 Å². The Morgan fingerprint density at radius 3 is 2.65 bits per heavy atom. The Hall–Kier alpha value is -2.36. The van der Waals surface area contributed by atoms with Crippen LogP contribution in [0.4, 0.5) is 0 Å². The van der Waals surface area contributed by atoms with Gasteiger partial charge in [-0.1, -0.05) is 30.3 Å². The molecule has 1 aliphatic carbocycles. The molecule has 1 saturated carbocycles. The molecular weight excluding hydrogens is 324 g/mol. The lowest BCUT2D eigenvalue weighted by molar-refractivity contribution is 0.0701. The molecule has 1 amide bonds. The first kappa shape index (κ1) is 17.1. The average molecular weight is 350 g/mol. The molecule has 1 aromatic heterocycles. The molecule has 0 bridgehead atoms. The summed E-state index contributed by atoms with van der Waals surface area (Å²) < 4.78 is 5.72. The lowest BCUT2D eigenvalue weighted by Crippen LogP contribution is -2.40. The average Bonchev–Trinajstić information content (AvgIpc) is 3.38. The van der Waals surface area contributed by atoms with Gasteiger partial charge in [-0.05, 0) is 57.2 Å². The minimum absolute atomic E-state index is 0.0396. The van der Waals surface area contributed by atoms with E-state index >= 15 is 0 Å². The minimum Gasteiger partial charge on any atom is -0.489 e. The highest BCUT2D eigenvalue weighted by atomic mass is 16.5. The zero-order valence-corrected chi connectivity index (χ0v) is 15.7. The topological polar surface area (TPSA) is 42.4 Å². The van der Waals surface area contributed by atoms with E-state index in [1.807, 2.05) is 31.7 Å². The number of amides is 1. The van der Waals surface area contributed by atoms with Gasteiger partial charge in [-0.15, -0.1) is 0 Å². The quantitative estimate of drug-likeness (QED) is 0.837. The predicted molar refractivity (Wildman–Crippen MR) is 101 cm³/mol. The standard InChI is InChI=1S/C22H26N2O2/c1-15(2)26-20-10-9-19(23-16(20)3)21(25)24-12-11-22(13-18(22)14-24)17-7-5-4-6-8-17/h4-10,15,18H,11-14H2,1-3H3. The maximum Gasteiger partial charge on any atom is 0.272 e. The summed E-state index contributed by atoms with van der Waals surface area (Å²) in [6, 6.07) is 14.4. The number of aryl methyl sites for hydroxylation is 1. The van der Waals surface area contributed by atoms with Gasteiger partial charge < -0.3 is 9.64 Å². The number of benzene rings is 1. The molecule has 0 radical (unpaired) electrons. The molecule has 2 heterocycles. The van der Waals surface area contributed by atoms with Crippen LogP contribution in [0.3, 0.4) is 0 Å².